The van der Waals surface area contributed by atoms with E-state index in [0.29, 0.717) is 31.1 Å². The van der Waals surface area contributed by atoms with Crippen molar-refractivity contribution in [3.05, 3.63) is 5.89 Å². The molecule has 17 heavy (non-hydrogen) atoms. The Hall–Kier alpha value is -1.14. The van der Waals surface area contributed by atoms with Gasteiger partial charge in [-0.25, -0.2) is 0 Å². The van der Waals surface area contributed by atoms with Crippen LogP contribution in [0.15, 0.2) is 4.42 Å². The first-order valence-corrected chi connectivity index (χ1v) is 6.13. The lowest BCUT2D eigenvalue weighted by molar-refractivity contribution is 0.198. The van der Waals surface area contributed by atoms with Crippen molar-refractivity contribution in [2.75, 3.05) is 31.7 Å². The molecule has 0 aliphatic heterocycles. The van der Waals surface area contributed by atoms with Crippen LogP contribution in [-0.4, -0.2) is 43.0 Å². The number of methoxy groups -OCH3 is 1. The Labute approximate surface area is 101 Å². The summed E-state index contributed by atoms with van der Waals surface area (Å²) >= 11 is 0. The molecular formula is C11H20N4O2. The molecule has 0 radical (unpaired) electrons. The van der Waals surface area contributed by atoms with Crippen LogP contribution >= 0.6 is 0 Å². The highest BCUT2D eigenvalue weighted by molar-refractivity contribution is 5.29. The molecule has 0 atom stereocenters. The Kier molecular flexibility index (Phi) is 4.33. The van der Waals surface area contributed by atoms with Crippen molar-refractivity contribution in [3.63, 3.8) is 0 Å². The highest BCUT2D eigenvalue weighted by Crippen LogP contribution is 2.30. The minimum atomic E-state index is 0.596. The van der Waals surface area contributed by atoms with E-state index in [4.69, 9.17) is 9.15 Å². The lowest BCUT2D eigenvalue weighted by Crippen LogP contribution is -2.25. The molecule has 0 bridgehead atoms. The second kappa shape index (κ2) is 5.97. The molecule has 1 heterocycles. The van der Waals surface area contributed by atoms with Crippen LogP contribution in [0.1, 0.15) is 25.7 Å². The molecule has 1 aliphatic carbocycles. The van der Waals surface area contributed by atoms with E-state index in [-0.39, 0.29) is 0 Å². The van der Waals surface area contributed by atoms with Crippen LogP contribution in [0.2, 0.25) is 0 Å². The van der Waals surface area contributed by atoms with Gasteiger partial charge in [0.05, 0.1) is 13.2 Å². The maximum absolute atomic E-state index is 5.62. The molecule has 1 aromatic rings. The Bertz CT molecular complexity index is 338. The maximum Gasteiger partial charge on any atom is 0.318 e. The molecule has 1 fully saturated rings. The van der Waals surface area contributed by atoms with Gasteiger partial charge in [0.2, 0.25) is 5.89 Å². The number of aromatic nitrogens is 2. The number of rotatable bonds is 8. The van der Waals surface area contributed by atoms with Crippen molar-refractivity contribution in [1.82, 2.24) is 15.5 Å². The lowest BCUT2D eigenvalue weighted by atomic mass is 10.5. The van der Waals surface area contributed by atoms with E-state index < -0.39 is 0 Å². The highest BCUT2D eigenvalue weighted by Gasteiger charge is 2.31. The zero-order valence-electron chi connectivity index (χ0n) is 10.5. The lowest BCUT2D eigenvalue weighted by Gasteiger charge is -2.16. The quantitative estimate of drug-likeness (QED) is 0.678. The predicted molar refractivity (Wildman–Crippen MR) is 63.9 cm³/mol. The van der Waals surface area contributed by atoms with Gasteiger partial charge in [0, 0.05) is 26.2 Å². The molecule has 1 aromatic heterocycles. The zero-order valence-corrected chi connectivity index (χ0v) is 10.5. The van der Waals surface area contributed by atoms with Crippen molar-refractivity contribution in [2.24, 2.45) is 0 Å². The second-order valence-electron chi connectivity index (χ2n) is 4.17. The molecule has 0 spiro atoms. The number of hydrogen-bond donors (Lipinski definition) is 1. The topological polar surface area (TPSA) is 63.4 Å². The van der Waals surface area contributed by atoms with Gasteiger partial charge in [-0.3, -0.25) is 0 Å². The third-order valence-electron chi connectivity index (χ3n) is 2.79. The normalized spacial score (nSPS) is 15.2. The summed E-state index contributed by atoms with van der Waals surface area (Å²) in [5.74, 6) is 0.634. The van der Waals surface area contributed by atoms with Crippen molar-refractivity contribution >= 4 is 6.01 Å². The average molecular weight is 240 g/mol. The zero-order chi connectivity index (χ0) is 12.1. The van der Waals surface area contributed by atoms with Crippen LogP contribution < -0.4 is 10.2 Å². The molecule has 1 aliphatic rings. The van der Waals surface area contributed by atoms with Crippen molar-refractivity contribution in [3.8, 4) is 0 Å². The third-order valence-corrected chi connectivity index (χ3v) is 2.79. The van der Waals surface area contributed by atoms with E-state index in [2.05, 4.69) is 27.3 Å². The summed E-state index contributed by atoms with van der Waals surface area (Å²) < 4.78 is 10.6. The highest BCUT2D eigenvalue weighted by atomic mass is 16.5. The number of ether oxygens (including phenoxy) is 1. The van der Waals surface area contributed by atoms with Gasteiger partial charge in [0.1, 0.15) is 0 Å². The summed E-state index contributed by atoms with van der Waals surface area (Å²) in [4.78, 5) is 2.17. The fourth-order valence-corrected chi connectivity index (χ4v) is 1.74. The first kappa shape index (κ1) is 12.3. The number of anilines is 1. The van der Waals surface area contributed by atoms with E-state index in [1.165, 1.54) is 12.8 Å². The van der Waals surface area contributed by atoms with Crippen LogP contribution in [0.5, 0.6) is 0 Å². The van der Waals surface area contributed by atoms with Crippen LogP contribution in [-0.2, 0) is 11.3 Å². The van der Waals surface area contributed by atoms with Gasteiger partial charge < -0.3 is 19.4 Å². The molecule has 6 heteroatoms. The van der Waals surface area contributed by atoms with Crippen molar-refractivity contribution < 1.29 is 9.15 Å². The van der Waals surface area contributed by atoms with Gasteiger partial charge in [0.15, 0.2) is 0 Å². The van der Waals surface area contributed by atoms with E-state index in [0.717, 1.165) is 13.1 Å². The van der Waals surface area contributed by atoms with Crippen molar-refractivity contribution in [2.45, 2.75) is 32.4 Å². The standard InChI is InChI=1S/C11H20N4O2/c1-3-15(9-4-5-9)11-14-13-10(17-11)8-12-6-7-16-2/h9,12H,3-8H2,1-2H3. The third kappa shape index (κ3) is 3.41. The van der Waals surface area contributed by atoms with Gasteiger partial charge in [-0.1, -0.05) is 5.10 Å². The number of nitrogens with one attached hydrogen (secondary N) is 1. The van der Waals surface area contributed by atoms with Crippen molar-refractivity contribution in [1.29, 1.82) is 0 Å². The Morgan fingerprint density at radius 1 is 1.47 bits per heavy atom. The first-order valence-electron chi connectivity index (χ1n) is 6.13. The fourth-order valence-electron chi connectivity index (χ4n) is 1.74. The molecule has 1 N–H and O–H groups in total. The molecule has 2 rings (SSSR count). The van der Waals surface area contributed by atoms with Gasteiger partial charge in [-0.2, -0.15) is 0 Å². The minimum absolute atomic E-state index is 0.596. The summed E-state index contributed by atoms with van der Waals surface area (Å²) in [7, 11) is 1.68. The minimum Gasteiger partial charge on any atom is -0.407 e. The second-order valence-corrected chi connectivity index (χ2v) is 4.17. The summed E-state index contributed by atoms with van der Waals surface area (Å²) in [6.45, 7) is 5.10. The SMILES string of the molecule is CCN(c1nnc(CNCCOC)o1)C1CC1. The molecule has 0 aromatic carbocycles. The Morgan fingerprint density at radius 3 is 2.94 bits per heavy atom. The summed E-state index contributed by atoms with van der Waals surface area (Å²) in [6.07, 6.45) is 2.47. The number of nitrogens with zero attached hydrogens (tertiary/aromatic N) is 3. The molecule has 1 saturated carbocycles. The van der Waals surface area contributed by atoms with E-state index in [1.807, 2.05) is 0 Å². The molecule has 6 nitrogen and oxygen atoms in total. The molecule has 96 valence electrons. The van der Waals surface area contributed by atoms with Crippen LogP contribution in [0.25, 0.3) is 0 Å². The van der Waals surface area contributed by atoms with Gasteiger partial charge >= 0.3 is 6.01 Å². The molecule has 0 amide bonds. The van der Waals surface area contributed by atoms with Crippen LogP contribution in [0.4, 0.5) is 6.01 Å². The summed E-state index contributed by atoms with van der Waals surface area (Å²) in [5, 5.41) is 11.3. The molecule has 0 saturated heterocycles. The molecule has 0 unspecified atom stereocenters. The average Bonchev–Trinajstić information content (AvgIpc) is 3.06. The van der Waals surface area contributed by atoms with E-state index in [1.54, 1.807) is 7.11 Å². The molecular weight excluding hydrogens is 220 g/mol. The van der Waals surface area contributed by atoms with Crippen LogP contribution in [0.3, 0.4) is 0 Å². The first-order chi connectivity index (χ1) is 8.35. The predicted octanol–water partition coefficient (Wildman–Crippen LogP) is 0.794. The maximum atomic E-state index is 5.62. The fraction of sp³-hybridized carbons (Fsp3) is 0.818. The monoisotopic (exact) mass is 240 g/mol. The van der Waals surface area contributed by atoms with E-state index >= 15 is 0 Å². The largest absolute Gasteiger partial charge is 0.407 e. The van der Waals surface area contributed by atoms with Crippen LogP contribution in [0, 0.1) is 0 Å². The van der Waals surface area contributed by atoms with Gasteiger partial charge in [-0.05, 0) is 19.8 Å². The number of hydrogen-bond acceptors (Lipinski definition) is 6. The van der Waals surface area contributed by atoms with Gasteiger partial charge in [-0.15, -0.1) is 5.10 Å². The Balaban J connectivity index is 1.82. The smallest absolute Gasteiger partial charge is 0.318 e. The summed E-state index contributed by atoms with van der Waals surface area (Å²) in [6, 6.07) is 1.26. The van der Waals surface area contributed by atoms with E-state index in [9.17, 15) is 0 Å². The van der Waals surface area contributed by atoms with Gasteiger partial charge in [0.25, 0.3) is 0 Å². The Morgan fingerprint density at radius 2 is 2.29 bits per heavy atom. The summed E-state index contributed by atoms with van der Waals surface area (Å²) in [5.41, 5.74) is 0.